The number of benzene rings is 1. The minimum atomic E-state index is 0.0976. The average Bonchev–Trinajstić information content (AvgIpc) is 2.33. The molecule has 0 saturated carbocycles. The van der Waals surface area contributed by atoms with Gasteiger partial charge in [0, 0.05) is 13.2 Å². The van der Waals surface area contributed by atoms with Gasteiger partial charge in [0.15, 0.2) is 0 Å². The number of ether oxygens (including phenoxy) is 2. The van der Waals surface area contributed by atoms with Gasteiger partial charge in [-0.15, -0.1) is 0 Å². The summed E-state index contributed by atoms with van der Waals surface area (Å²) in [5.41, 5.74) is 2.48. The van der Waals surface area contributed by atoms with Crippen LogP contribution in [0.5, 0.6) is 0 Å². The van der Waals surface area contributed by atoms with Gasteiger partial charge in [-0.05, 0) is 26.5 Å². The van der Waals surface area contributed by atoms with Crippen molar-refractivity contribution in [2.75, 3.05) is 33.4 Å². The zero-order valence-corrected chi connectivity index (χ0v) is 11.0. The minimum absolute atomic E-state index is 0.0976. The summed E-state index contributed by atoms with van der Waals surface area (Å²) in [6.07, 6.45) is 0.0976. The van der Waals surface area contributed by atoms with Crippen LogP contribution < -0.4 is 5.32 Å². The molecular formula is C14H23NO2. The highest BCUT2D eigenvalue weighted by molar-refractivity contribution is 5.24. The summed E-state index contributed by atoms with van der Waals surface area (Å²) < 4.78 is 11.1. The molecule has 17 heavy (non-hydrogen) atoms. The van der Waals surface area contributed by atoms with Crippen molar-refractivity contribution in [1.82, 2.24) is 5.32 Å². The molecule has 1 aromatic carbocycles. The zero-order valence-electron chi connectivity index (χ0n) is 11.0. The first kappa shape index (κ1) is 14.2. The summed E-state index contributed by atoms with van der Waals surface area (Å²) in [7, 11) is 1.94. The Kier molecular flexibility index (Phi) is 6.86. The summed E-state index contributed by atoms with van der Waals surface area (Å²) in [6.45, 7) is 6.93. The normalized spacial score (nSPS) is 12.6. The van der Waals surface area contributed by atoms with Crippen molar-refractivity contribution >= 4 is 0 Å². The molecule has 0 fully saturated rings. The largest absolute Gasteiger partial charge is 0.379 e. The van der Waals surface area contributed by atoms with Gasteiger partial charge in [0.05, 0.1) is 19.3 Å². The Labute approximate surface area is 104 Å². The third kappa shape index (κ3) is 5.31. The molecule has 3 nitrogen and oxygen atoms in total. The van der Waals surface area contributed by atoms with E-state index in [9.17, 15) is 0 Å². The monoisotopic (exact) mass is 237 g/mol. The topological polar surface area (TPSA) is 30.5 Å². The van der Waals surface area contributed by atoms with Crippen molar-refractivity contribution in [3.05, 3.63) is 35.4 Å². The van der Waals surface area contributed by atoms with Crippen LogP contribution in [0.2, 0.25) is 0 Å². The zero-order chi connectivity index (χ0) is 12.5. The predicted octanol–water partition coefficient (Wildman–Crippen LogP) is 2.31. The van der Waals surface area contributed by atoms with Crippen LogP contribution in [0.4, 0.5) is 0 Å². The first-order valence-electron chi connectivity index (χ1n) is 6.18. The minimum Gasteiger partial charge on any atom is -0.379 e. The van der Waals surface area contributed by atoms with E-state index in [4.69, 9.17) is 9.47 Å². The van der Waals surface area contributed by atoms with E-state index < -0.39 is 0 Å². The maximum Gasteiger partial charge on any atom is 0.0950 e. The molecule has 0 saturated heterocycles. The molecule has 0 aliphatic carbocycles. The molecule has 0 radical (unpaired) electrons. The van der Waals surface area contributed by atoms with E-state index in [0.717, 1.165) is 13.2 Å². The smallest absolute Gasteiger partial charge is 0.0950 e. The van der Waals surface area contributed by atoms with E-state index in [-0.39, 0.29) is 6.10 Å². The second-order valence-corrected chi connectivity index (χ2v) is 4.03. The van der Waals surface area contributed by atoms with E-state index >= 15 is 0 Å². The third-order valence-electron chi connectivity index (χ3n) is 2.55. The maximum absolute atomic E-state index is 5.84. The first-order chi connectivity index (χ1) is 8.27. The number of nitrogens with one attached hydrogen (secondary N) is 1. The van der Waals surface area contributed by atoms with Crippen LogP contribution in [-0.4, -0.2) is 33.4 Å². The number of aryl methyl sites for hydroxylation is 1. The lowest BCUT2D eigenvalue weighted by Crippen LogP contribution is -2.21. The fraction of sp³-hybridized carbons (Fsp3) is 0.571. The van der Waals surface area contributed by atoms with Crippen LogP contribution in [-0.2, 0) is 9.47 Å². The molecule has 1 atom stereocenters. The highest BCUT2D eigenvalue weighted by Gasteiger charge is 2.10. The van der Waals surface area contributed by atoms with Gasteiger partial charge in [-0.25, -0.2) is 0 Å². The highest BCUT2D eigenvalue weighted by Crippen LogP contribution is 2.17. The van der Waals surface area contributed by atoms with Crippen LogP contribution in [0, 0.1) is 6.92 Å². The maximum atomic E-state index is 5.84. The summed E-state index contributed by atoms with van der Waals surface area (Å²) in [4.78, 5) is 0. The Bertz CT molecular complexity index is 315. The van der Waals surface area contributed by atoms with Gasteiger partial charge in [0.1, 0.15) is 0 Å². The van der Waals surface area contributed by atoms with E-state index in [1.165, 1.54) is 11.1 Å². The number of hydrogen-bond acceptors (Lipinski definition) is 3. The van der Waals surface area contributed by atoms with Crippen LogP contribution in [0.25, 0.3) is 0 Å². The molecule has 0 heterocycles. The van der Waals surface area contributed by atoms with Gasteiger partial charge >= 0.3 is 0 Å². The molecule has 1 rings (SSSR count). The van der Waals surface area contributed by atoms with Crippen LogP contribution in [0.1, 0.15) is 24.2 Å². The van der Waals surface area contributed by atoms with Crippen molar-refractivity contribution < 1.29 is 9.47 Å². The van der Waals surface area contributed by atoms with Crippen molar-refractivity contribution in [1.29, 1.82) is 0 Å². The van der Waals surface area contributed by atoms with Crippen molar-refractivity contribution in [3.63, 3.8) is 0 Å². The van der Waals surface area contributed by atoms with Crippen molar-refractivity contribution in [3.8, 4) is 0 Å². The second-order valence-electron chi connectivity index (χ2n) is 4.03. The van der Waals surface area contributed by atoms with Gasteiger partial charge in [0.25, 0.3) is 0 Å². The Balaban J connectivity index is 2.52. The predicted molar refractivity (Wildman–Crippen MR) is 70.3 cm³/mol. The van der Waals surface area contributed by atoms with Crippen LogP contribution >= 0.6 is 0 Å². The standard InChI is InChI=1S/C14H23NO2/c1-4-16-8-9-17-14(11-15-3)13-7-5-6-12(2)10-13/h5-7,10,14-15H,4,8-9,11H2,1-3H3. The molecular weight excluding hydrogens is 214 g/mol. The van der Waals surface area contributed by atoms with E-state index in [2.05, 4.69) is 36.5 Å². The Morgan fingerprint density at radius 1 is 1.29 bits per heavy atom. The van der Waals surface area contributed by atoms with E-state index in [1.807, 2.05) is 14.0 Å². The quantitative estimate of drug-likeness (QED) is 0.704. The van der Waals surface area contributed by atoms with Crippen LogP contribution in [0.15, 0.2) is 24.3 Å². The average molecular weight is 237 g/mol. The molecule has 96 valence electrons. The molecule has 1 aromatic rings. The summed E-state index contributed by atoms with van der Waals surface area (Å²) in [6, 6.07) is 8.44. The lowest BCUT2D eigenvalue weighted by atomic mass is 10.1. The number of hydrogen-bond donors (Lipinski definition) is 1. The second kappa shape index (κ2) is 8.23. The molecule has 3 heteroatoms. The van der Waals surface area contributed by atoms with Crippen molar-refractivity contribution in [2.24, 2.45) is 0 Å². The molecule has 1 unspecified atom stereocenters. The molecule has 0 aliphatic rings. The van der Waals surface area contributed by atoms with E-state index in [1.54, 1.807) is 0 Å². The fourth-order valence-corrected chi connectivity index (χ4v) is 1.72. The third-order valence-corrected chi connectivity index (χ3v) is 2.55. The summed E-state index contributed by atoms with van der Waals surface area (Å²) in [5.74, 6) is 0. The fourth-order valence-electron chi connectivity index (χ4n) is 1.72. The molecule has 1 N–H and O–H groups in total. The molecule has 0 aliphatic heterocycles. The lowest BCUT2D eigenvalue weighted by molar-refractivity contribution is 0.00759. The molecule has 0 spiro atoms. The van der Waals surface area contributed by atoms with Crippen molar-refractivity contribution in [2.45, 2.75) is 20.0 Å². The number of likely N-dealkylation sites (N-methyl/N-ethyl adjacent to an activating group) is 1. The first-order valence-corrected chi connectivity index (χ1v) is 6.18. The van der Waals surface area contributed by atoms with Gasteiger partial charge in [-0.2, -0.15) is 0 Å². The summed E-state index contributed by atoms with van der Waals surface area (Å²) >= 11 is 0. The molecule has 0 bridgehead atoms. The number of rotatable bonds is 8. The summed E-state index contributed by atoms with van der Waals surface area (Å²) in [5, 5.41) is 3.16. The van der Waals surface area contributed by atoms with E-state index in [0.29, 0.717) is 13.2 Å². The Morgan fingerprint density at radius 2 is 2.12 bits per heavy atom. The lowest BCUT2D eigenvalue weighted by Gasteiger charge is -2.18. The van der Waals surface area contributed by atoms with Crippen LogP contribution in [0.3, 0.4) is 0 Å². The highest BCUT2D eigenvalue weighted by atomic mass is 16.5. The van der Waals surface area contributed by atoms with Gasteiger partial charge in [-0.1, -0.05) is 29.8 Å². The van der Waals surface area contributed by atoms with Gasteiger partial charge in [-0.3, -0.25) is 0 Å². The molecule has 0 aromatic heterocycles. The Hall–Kier alpha value is -0.900. The van der Waals surface area contributed by atoms with Gasteiger partial charge < -0.3 is 14.8 Å². The SMILES string of the molecule is CCOCCOC(CNC)c1cccc(C)c1. The molecule has 0 amide bonds. The Morgan fingerprint density at radius 3 is 2.76 bits per heavy atom. The van der Waals surface area contributed by atoms with Gasteiger partial charge in [0.2, 0.25) is 0 Å².